The lowest BCUT2D eigenvalue weighted by Crippen LogP contribution is -2.48. The van der Waals surface area contributed by atoms with E-state index in [1.54, 1.807) is 0 Å². The van der Waals surface area contributed by atoms with Crippen molar-refractivity contribution in [3.8, 4) is 0 Å². The number of aliphatic carboxylic acids is 1. The van der Waals surface area contributed by atoms with Gasteiger partial charge in [0.05, 0.1) is 12.9 Å². The quantitative estimate of drug-likeness (QED) is 0.528. The van der Waals surface area contributed by atoms with Crippen LogP contribution in [0, 0.1) is 0 Å². The van der Waals surface area contributed by atoms with Crippen molar-refractivity contribution in [3.05, 3.63) is 0 Å². The molecule has 0 spiro atoms. The molecule has 0 aromatic heterocycles. The summed E-state index contributed by atoms with van der Waals surface area (Å²) in [6, 6.07) is -0.932. The molecule has 1 rings (SSSR count). The Balaban J connectivity index is 2.44. The van der Waals surface area contributed by atoms with Gasteiger partial charge in [-0.3, -0.25) is 9.59 Å². The van der Waals surface area contributed by atoms with Gasteiger partial charge in [0, 0.05) is 13.0 Å². The number of piperidine rings is 1. The minimum absolute atomic E-state index is 0.0715. The zero-order valence-corrected chi connectivity index (χ0v) is 13.1. The zero-order valence-electron chi connectivity index (χ0n) is 12.3. The summed E-state index contributed by atoms with van der Waals surface area (Å²) >= 11 is 0. The van der Waals surface area contributed by atoms with Gasteiger partial charge in [-0.1, -0.05) is 6.42 Å². The molecule has 0 aromatic carbocycles. The average molecular weight is 321 g/mol. The molecular formula is C13H23NO6S. The van der Waals surface area contributed by atoms with Crippen molar-refractivity contribution in [2.24, 2.45) is 0 Å². The lowest BCUT2D eigenvalue weighted by Gasteiger charge is -2.31. The number of nitrogens with zero attached hydrogens (tertiary/aromatic N) is 1. The van der Waals surface area contributed by atoms with Gasteiger partial charge in [0.1, 0.15) is 6.04 Å². The maximum absolute atomic E-state index is 12.2. The summed E-state index contributed by atoms with van der Waals surface area (Å²) in [6.07, 6.45) is 3.68. The van der Waals surface area contributed by atoms with Crippen LogP contribution in [0.25, 0.3) is 0 Å². The van der Waals surface area contributed by atoms with E-state index in [2.05, 4.69) is 4.74 Å². The SMILES string of the molecule is COC(=O)CCCCCS(=O)(=O)N1CCCCC1C(=O)O. The maximum atomic E-state index is 12.2. The number of carbonyl (C=O) groups is 2. The van der Waals surface area contributed by atoms with Crippen molar-refractivity contribution in [3.63, 3.8) is 0 Å². The van der Waals surface area contributed by atoms with Crippen molar-refractivity contribution in [2.45, 2.75) is 51.0 Å². The number of esters is 1. The number of unbranched alkanes of at least 4 members (excludes halogenated alkanes) is 2. The fraction of sp³-hybridized carbons (Fsp3) is 0.846. The number of rotatable bonds is 8. The molecule has 0 aliphatic carbocycles. The number of sulfonamides is 1. The Kier molecular flexibility index (Phi) is 7.10. The average Bonchev–Trinajstić information content (AvgIpc) is 2.46. The highest BCUT2D eigenvalue weighted by Crippen LogP contribution is 2.21. The molecule has 8 heteroatoms. The first kappa shape index (κ1) is 17.9. The van der Waals surface area contributed by atoms with Crippen LogP contribution in [0.15, 0.2) is 0 Å². The highest BCUT2D eigenvalue weighted by molar-refractivity contribution is 7.89. The Labute approximate surface area is 125 Å². The van der Waals surface area contributed by atoms with Crippen molar-refractivity contribution in [2.75, 3.05) is 19.4 Å². The molecule has 1 heterocycles. The zero-order chi connectivity index (χ0) is 15.9. The Hall–Kier alpha value is -1.15. The van der Waals surface area contributed by atoms with Crippen LogP contribution in [0.3, 0.4) is 0 Å². The molecule has 0 bridgehead atoms. The molecule has 1 aliphatic heterocycles. The number of carbonyl (C=O) groups excluding carboxylic acids is 1. The van der Waals surface area contributed by atoms with Crippen LogP contribution in [0.5, 0.6) is 0 Å². The molecule has 0 radical (unpaired) electrons. The first-order chi connectivity index (χ1) is 9.88. The molecule has 7 nitrogen and oxygen atoms in total. The molecule has 0 aromatic rings. The smallest absolute Gasteiger partial charge is 0.322 e. The van der Waals surface area contributed by atoms with Crippen LogP contribution < -0.4 is 0 Å². The van der Waals surface area contributed by atoms with Gasteiger partial charge in [0.2, 0.25) is 10.0 Å². The molecule has 21 heavy (non-hydrogen) atoms. The molecule has 1 unspecified atom stereocenters. The molecule has 1 N–H and O–H groups in total. The fourth-order valence-electron chi connectivity index (χ4n) is 2.43. The summed E-state index contributed by atoms with van der Waals surface area (Å²) in [7, 11) is -2.23. The minimum Gasteiger partial charge on any atom is -0.480 e. The van der Waals surface area contributed by atoms with E-state index in [1.807, 2.05) is 0 Å². The summed E-state index contributed by atoms with van der Waals surface area (Å²) in [4.78, 5) is 22.1. The van der Waals surface area contributed by atoms with Crippen LogP contribution in [-0.4, -0.2) is 55.2 Å². The van der Waals surface area contributed by atoms with Crippen molar-refractivity contribution >= 4 is 22.0 Å². The molecule has 0 amide bonds. The first-order valence-corrected chi connectivity index (χ1v) is 8.78. The van der Waals surface area contributed by atoms with E-state index in [0.29, 0.717) is 32.1 Å². The van der Waals surface area contributed by atoms with Gasteiger partial charge in [-0.15, -0.1) is 0 Å². The normalized spacial score (nSPS) is 20.1. The summed E-state index contributed by atoms with van der Waals surface area (Å²) < 4.78 is 30.1. The highest BCUT2D eigenvalue weighted by atomic mass is 32.2. The lowest BCUT2D eigenvalue weighted by molar-refractivity contribution is -0.142. The van der Waals surface area contributed by atoms with Gasteiger partial charge >= 0.3 is 11.9 Å². The molecule has 0 saturated carbocycles. The van der Waals surface area contributed by atoms with E-state index < -0.39 is 22.0 Å². The van der Waals surface area contributed by atoms with Gasteiger partial charge in [-0.2, -0.15) is 4.31 Å². The lowest BCUT2D eigenvalue weighted by atomic mass is 10.1. The second-order valence-electron chi connectivity index (χ2n) is 5.16. The summed E-state index contributed by atoms with van der Waals surface area (Å²) in [6.45, 7) is 0.279. The molecule has 1 aliphatic rings. The van der Waals surface area contributed by atoms with E-state index >= 15 is 0 Å². The van der Waals surface area contributed by atoms with E-state index in [9.17, 15) is 18.0 Å². The van der Waals surface area contributed by atoms with Crippen molar-refractivity contribution in [1.82, 2.24) is 4.31 Å². The Morgan fingerprint density at radius 2 is 1.95 bits per heavy atom. The van der Waals surface area contributed by atoms with Crippen LogP contribution in [0.4, 0.5) is 0 Å². The number of ether oxygens (including phenoxy) is 1. The van der Waals surface area contributed by atoms with E-state index in [-0.39, 0.29) is 24.7 Å². The summed E-state index contributed by atoms with van der Waals surface area (Å²) in [5.74, 6) is -1.46. The molecule has 1 saturated heterocycles. The number of carboxylic acid groups (broad SMARTS) is 1. The van der Waals surface area contributed by atoms with Gasteiger partial charge in [-0.25, -0.2) is 8.42 Å². The third-order valence-corrected chi connectivity index (χ3v) is 5.56. The fourth-order valence-corrected chi connectivity index (χ4v) is 4.23. The van der Waals surface area contributed by atoms with E-state index in [0.717, 1.165) is 10.7 Å². The van der Waals surface area contributed by atoms with Crippen LogP contribution in [0.1, 0.15) is 44.9 Å². The minimum atomic E-state index is -3.55. The Morgan fingerprint density at radius 3 is 2.57 bits per heavy atom. The number of hydrogen-bond donors (Lipinski definition) is 1. The Morgan fingerprint density at radius 1 is 1.24 bits per heavy atom. The van der Waals surface area contributed by atoms with Crippen LogP contribution in [-0.2, 0) is 24.3 Å². The Bertz CT molecular complexity index is 461. The molecule has 1 atom stereocenters. The third-order valence-electron chi connectivity index (χ3n) is 3.61. The predicted octanol–water partition coefficient (Wildman–Crippen LogP) is 0.989. The maximum Gasteiger partial charge on any atom is 0.322 e. The first-order valence-electron chi connectivity index (χ1n) is 7.17. The number of carboxylic acids is 1. The topological polar surface area (TPSA) is 101 Å². The largest absolute Gasteiger partial charge is 0.480 e. The van der Waals surface area contributed by atoms with Crippen LogP contribution >= 0.6 is 0 Å². The van der Waals surface area contributed by atoms with Crippen molar-refractivity contribution in [1.29, 1.82) is 0 Å². The van der Waals surface area contributed by atoms with Crippen molar-refractivity contribution < 1.29 is 27.9 Å². The summed E-state index contributed by atoms with van der Waals surface area (Å²) in [5, 5.41) is 9.11. The van der Waals surface area contributed by atoms with Crippen LogP contribution in [0.2, 0.25) is 0 Å². The molecule has 122 valence electrons. The number of hydrogen-bond acceptors (Lipinski definition) is 5. The second-order valence-corrected chi connectivity index (χ2v) is 7.20. The number of methoxy groups -OCH3 is 1. The molecular weight excluding hydrogens is 298 g/mol. The van der Waals surface area contributed by atoms with Gasteiger partial charge in [0.25, 0.3) is 0 Å². The molecule has 1 fully saturated rings. The van der Waals surface area contributed by atoms with Gasteiger partial charge in [0.15, 0.2) is 0 Å². The van der Waals surface area contributed by atoms with E-state index in [4.69, 9.17) is 5.11 Å². The monoisotopic (exact) mass is 321 g/mol. The van der Waals surface area contributed by atoms with E-state index in [1.165, 1.54) is 7.11 Å². The third kappa shape index (κ3) is 5.62. The highest BCUT2D eigenvalue weighted by Gasteiger charge is 2.36. The predicted molar refractivity (Wildman–Crippen MR) is 76.3 cm³/mol. The van der Waals surface area contributed by atoms with Gasteiger partial charge in [-0.05, 0) is 32.1 Å². The standard InChI is InChI=1S/C13H23NO6S/c1-20-12(15)8-3-2-6-10-21(18,19)14-9-5-4-7-11(14)13(16)17/h11H,2-10H2,1H3,(H,16,17). The second kappa shape index (κ2) is 8.33. The summed E-state index contributed by atoms with van der Waals surface area (Å²) in [5.41, 5.74) is 0. The van der Waals surface area contributed by atoms with Gasteiger partial charge < -0.3 is 9.84 Å².